The molecule has 4 rings (SSSR count). The molecule has 27 heavy (non-hydrogen) atoms. The summed E-state index contributed by atoms with van der Waals surface area (Å²) in [7, 11) is 0. The minimum Gasteiger partial charge on any atom is -0.493 e. The topological polar surface area (TPSA) is 58.6 Å². The molecule has 2 aliphatic heterocycles. The Morgan fingerprint density at radius 2 is 2.07 bits per heavy atom. The van der Waals surface area contributed by atoms with Gasteiger partial charge in [-0.15, -0.1) is 0 Å². The van der Waals surface area contributed by atoms with Crippen LogP contribution in [0.1, 0.15) is 29.5 Å². The van der Waals surface area contributed by atoms with Gasteiger partial charge in [0.25, 0.3) is 0 Å². The molecular formula is C22H22N2O3. The Kier molecular flexibility index (Phi) is 4.67. The van der Waals surface area contributed by atoms with Crippen molar-refractivity contribution in [3.63, 3.8) is 0 Å². The summed E-state index contributed by atoms with van der Waals surface area (Å²) >= 11 is 0. The van der Waals surface area contributed by atoms with Crippen LogP contribution < -0.4 is 15.0 Å². The van der Waals surface area contributed by atoms with E-state index in [-0.39, 0.29) is 11.8 Å². The van der Waals surface area contributed by atoms with E-state index in [1.807, 2.05) is 42.2 Å². The van der Waals surface area contributed by atoms with Crippen molar-refractivity contribution in [2.45, 2.75) is 26.2 Å². The van der Waals surface area contributed by atoms with Gasteiger partial charge in [0.05, 0.1) is 6.61 Å². The Balaban J connectivity index is 1.42. The van der Waals surface area contributed by atoms with Crippen LogP contribution in [0.3, 0.4) is 0 Å². The molecule has 2 aromatic rings. The number of aryl methyl sites for hydroxylation is 1. The van der Waals surface area contributed by atoms with Gasteiger partial charge in [0.1, 0.15) is 5.75 Å². The summed E-state index contributed by atoms with van der Waals surface area (Å²) in [5, 5.41) is 2.88. The fraction of sp³-hybridized carbons (Fsp3) is 0.273. The molecule has 0 atom stereocenters. The minimum atomic E-state index is -0.184. The lowest BCUT2D eigenvalue weighted by molar-refractivity contribution is -0.117. The van der Waals surface area contributed by atoms with Gasteiger partial charge in [0, 0.05) is 36.8 Å². The van der Waals surface area contributed by atoms with E-state index in [0.29, 0.717) is 6.42 Å². The van der Waals surface area contributed by atoms with Gasteiger partial charge in [0.2, 0.25) is 11.8 Å². The fourth-order valence-electron chi connectivity index (χ4n) is 3.60. The van der Waals surface area contributed by atoms with Gasteiger partial charge in [-0.05, 0) is 66.4 Å². The average Bonchev–Trinajstić information content (AvgIpc) is 3.28. The van der Waals surface area contributed by atoms with Gasteiger partial charge >= 0.3 is 0 Å². The number of carbonyl (C=O) groups is 2. The first-order valence-electron chi connectivity index (χ1n) is 9.26. The van der Waals surface area contributed by atoms with Crippen molar-refractivity contribution >= 4 is 29.3 Å². The Hall–Kier alpha value is -3.08. The Morgan fingerprint density at radius 1 is 1.19 bits per heavy atom. The summed E-state index contributed by atoms with van der Waals surface area (Å²) in [4.78, 5) is 26.0. The highest BCUT2D eigenvalue weighted by atomic mass is 16.5. The van der Waals surface area contributed by atoms with E-state index in [1.165, 1.54) is 11.6 Å². The van der Waals surface area contributed by atoms with Crippen molar-refractivity contribution in [1.82, 2.24) is 0 Å². The summed E-state index contributed by atoms with van der Waals surface area (Å²) in [6.07, 6.45) is 5.76. The predicted molar refractivity (Wildman–Crippen MR) is 106 cm³/mol. The third-order valence-electron chi connectivity index (χ3n) is 4.97. The number of carbonyl (C=O) groups excluding carboxylic acids is 2. The number of hydrogen-bond acceptors (Lipinski definition) is 3. The molecule has 0 radical (unpaired) electrons. The number of hydrogen-bond donors (Lipinski definition) is 1. The molecule has 0 aromatic heterocycles. The summed E-state index contributed by atoms with van der Waals surface area (Å²) in [5.74, 6) is 0.914. The van der Waals surface area contributed by atoms with Crippen LogP contribution >= 0.6 is 0 Å². The number of fused-ring (bicyclic) bond motifs is 1. The van der Waals surface area contributed by atoms with Crippen molar-refractivity contribution in [3.05, 3.63) is 59.2 Å². The Labute approximate surface area is 158 Å². The molecule has 0 spiro atoms. The van der Waals surface area contributed by atoms with Crippen molar-refractivity contribution in [2.24, 2.45) is 0 Å². The molecule has 0 bridgehead atoms. The third-order valence-corrected chi connectivity index (χ3v) is 4.97. The largest absolute Gasteiger partial charge is 0.493 e. The van der Waals surface area contributed by atoms with Crippen LogP contribution in [0.2, 0.25) is 0 Å². The van der Waals surface area contributed by atoms with Crippen molar-refractivity contribution in [2.75, 3.05) is 23.4 Å². The highest BCUT2D eigenvalue weighted by Crippen LogP contribution is 2.28. The van der Waals surface area contributed by atoms with E-state index in [1.54, 1.807) is 6.08 Å². The standard InChI is InChI=1S/C22H22N2O3/c1-15-13-18(6-7-19(15)24-11-2-3-22(24)26)23-21(25)9-5-16-4-8-20-17(14-16)10-12-27-20/h4-9,13-14H,2-3,10-12H2,1H3,(H,23,25)/b9-5+. The number of benzene rings is 2. The molecule has 5 nitrogen and oxygen atoms in total. The number of amides is 2. The molecule has 5 heteroatoms. The first-order chi connectivity index (χ1) is 13.1. The van der Waals surface area contributed by atoms with Crippen LogP contribution in [0.4, 0.5) is 11.4 Å². The summed E-state index contributed by atoms with van der Waals surface area (Å²) in [5.41, 5.74) is 4.78. The van der Waals surface area contributed by atoms with Gasteiger partial charge < -0.3 is 15.0 Å². The van der Waals surface area contributed by atoms with E-state index < -0.39 is 0 Å². The SMILES string of the molecule is Cc1cc(NC(=O)/C=C/c2ccc3c(c2)CCO3)ccc1N1CCCC1=O. The zero-order valence-electron chi connectivity index (χ0n) is 15.3. The number of ether oxygens (including phenoxy) is 1. The Bertz CT molecular complexity index is 933. The molecule has 2 aromatic carbocycles. The average molecular weight is 362 g/mol. The lowest BCUT2D eigenvalue weighted by Gasteiger charge is -2.19. The molecular weight excluding hydrogens is 340 g/mol. The highest BCUT2D eigenvalue weighted by molar-refractivity contribution is 6.02. The molecule has 1 N–H and O–H groups in total. The number of rotatable bonds is 4. The highest BCUT2D eigenvalue weighted by Gasteiger charge is 2.22. The van der Waals surface area contributed by atoms with Crippen LogP contribution in [0.5, 0.6) is 5.75 Å². The second-order valence-electron chi connectivity index (χ2n) is 6.94. The number of anilines is 2. The molecule has 1 saturated heterocycles. The zero-order chi connectivity index (χ0) is 18.8. The fourth-order valence-corrected chi connectivity index (χ4v) is 3.60. The molecule has 2 aliphatic rings. The predicted octanol–water partition coefficient (Wildman–Crippen LogP) is 3.71. The monoisotopic (exact) mass is 362 g/mol. The Morgan fingerprint density at radius 3 is 2.85 bits per heavy atom. The summed E-state index contributed by atoms with van der Waals surface area (Å²) < 4.78 is 5.49. The first-order valence-corrected chi connectivity index (χ1v) is 9.26. The quantitative estimate of drug-likeness (QED) is 0.844. The molecule has 2 amide bonds. The summed E-state index contributed by atoms with van der Waals surface area (Å²) in [6, 6.07) is 11.6. The van der Waals surface area contributed by atoms with Crippen LogP contribution in [-0.2, 0) is 16.0 Å². The van der Waals surface area contributed by atoms with Gasteiger partial charge in [-0.2, -0.15) is 0 Å². The van der Waals surface area contributed by atoms with Gasteiger partial charge in [-0.25, -0.2) is 0 Å². The maximum atomic E-state index is 12.2. The molecule has 0 saturated carbocycles. The van der Waals surface area contributed by atoms with E-state index in [0.717, 1.165) is 54.2 Å². The third kappa shape index (κ3) is 3.72. The molecule has 0 aliphatic carbocycles. The molecule has 1 fully saturated rings. The van der Waals surface area contributed by atoms with Gasteiger partial charge in [-0.3, -0.25) is 9.59 Å². The van der Waals surface area contributed by atoms with E-state index >= 15 is 0 Å². The minimum absolute atomic E-state index is 0.164. The van der Waals surface area contributed by atoms with Gasteiger partial charge in [-0.1, -0.05) is 6.07 Å². The van der Waals surface area contributed by atoms with Crippen LogP contribution in [0.25, 0.3) is 6.08 Å². The second kappa shape index (κ2) is 7.27. The first kappa shape index (κ1) is 17.3. The maximum Gasteiger partial charge on any atom is 0.248 e. The normalized spacial score (nSPS) is 15.9. The zero-order valence-corrected chi connectivity index (χ0v) is 15.3. The molecule has 2 heterocycles. The second-order valence-corrected chi connectivity index (χ2v) is 6.94. The smallest absolute Gasteiger partial charge is 0.248 e. The van der Waals surface area contributed by atoms with Crippen LogP contribution in [-0.4, -0.2) is 25.0 Å². The van der Waals surface area contributed by atoms with Crippen molar-refractivity contribution in [3.8, 4) is 5.75 Å². The van der Waals surface area contributed by atoms with Crippen molar-refractivity contribution in [1.29, 1.82) is 0 Å². The summed E-state index contributed by atoms with van der Waals surface area (Å²) in [6.45, 7) is 3.44. The van der Waals surface area contributed by atoms with Crippen LogP contribution in [0, 0.1) is 6.92 Å². The van der Waals surface area contributed by atoms with E-state index in [9.17, 15) is 9.59 Å². The van der Waals surface area contributed by atoms with E-state index in [2.05, 4.69) is 11.4 Å². The molecule has 138 valence electrons. The number of nitrogens with zero attached hydrogens (tertiary/aromatic N) is 1. The van der Waals surface area contributed by atoms with Gasteiger partial charge in [0.15, 0.2) is 0 Å². The number of nitrogens with one attached hydrogen (secondary N) is 1. The lowest BCUT2D eigenvalue weighted by Crippen LogP contribution is -2.24. The van der Waals surface area contributed by atoms with Crippen molar-refractivity contribution < 1.29 is 14.3 Å². The van der Waals surface area contributed by atoms with E-state index in [4.69, 9.17) is 4.74 Å². The molecule has 0 unspecified atom stereocenters. The lowest BCUT2D eigenvalue weighted by atomic mass is 10.1. The maximum absolute atomic E-state index is 12.2. The van der Waals surface area contributed by atoms with Crippen LogP contribution in [0.15, 0.2) is 42.5 Å².